The van der Waals surface area contributed by atoms with E-state index in [-0.39, 0.29) is 0 Å². The van der Waals surface area contributed by atoms with Gasteiger partial charge in [0.2, 0.25) is 0 Å². The van der Waals surface area contributed by atoms with Gasteiger partial charge in [0.1, 0.15) is 18.5 Å². The van der Waals surface area contributed by atoms with Gasteiger partial charge in [-0.25, -0.2) is 0 Å². The normalized spacial score (nSPS) is 16.8. The molecule has 1 aliphatic heterocycles. The molecule has 1 aromatic rings. The van der Waals surface area contributed by atoms with Gasteiger partial charge in [0, 0.05) is 0 Å². The number of epoxide rings is 1. The molecule has 23 heavy (non-hydrogen) atoms. The second-order valence-electron chi connectivity index (χ2n) is 6.48. The maximum atomic E-state index is 5.73. The van der Waals surface area contributed by atoms with Crippen molar-refractivity contribution >= 4 is 0 Å². The molecule has 0 N–H and O–H groups in total. The molecule has 1 fully saturated rings. The second-order valence-corrected chi connectivity index (χ2v) is 6.48. The Bertz CT molecular complexity index is 449. The largest absolute Gasteiger partial charge is 0.491 e. The zero-order valence-corrected chi connectivity index (χ0v) is 14.6. The van der Waals surface area contributed by atoms with Gasteiger partial charge in [-0.2, -0.15) is 0 Å². The maximum absolute atomic E-state index is 5.73. The van der Waals surface area contributed by atoms with Gasteiger partial charge >= 0.3 is 0 Å². The molecule has 1 heterocycles. The number of rotatable bonds is 13. The minimum absolute atomic E-state index is 0.326. The first-order valence-electron chi connectivity index (χ1n) is 9.37. The molecular formula is C21H32O2. The molecule has 1 aromatic carbocycles. The van der Waals surface area contributed by atoms with Crippen molar-refractivity contribution in [2.24, 2.45) is 0 Å². The average molecular weight is 316 g/mol. The summed E-state index contributed by atoms with van der Waals surface area (Å²) in [5, 5.41) is 0. The Morgan fingerprint density at radius 2 is 1.87 bits per heavy atom. The van der Waals surface area contributed by atoms with Crippen molar-refractivity contribution in [3.8, 4) is 5.75 Å². The third-order valence-corrected chi connectivity index (χ3v) is 4.21. The summed E-state index contributed by atoms with van der Waals surface area (Å²) in [5.41, 5.74) is 1.38. The van der Waals surface area contributed by atoms with Crippen LogP contribution in [0.3, 0.4) is 0 Å². The topological polar surface area (TPSA) is 21.8 Å². The Hall–Kier alpha value is -1.28. The van der Waals surface area contributed by atoms with Crippen molar-refractivity contribution in [1.29, 1.82) is 0 Å². The van der Waals surface area contributed by atoms with Crippen LogP contribution in [0.15, 0.2) is 36.4 Å². The van der Waals surface area contributed by atoms with E-state index in [0.717, 1.165) is 18.8 Å². The molecule has 1 saturated heterocycles. The van der Waals surface area contributed by atoms with Gasteiger partial charge < -0.3 is 9.47 Å². The molecule has 2 nitrogen and oxygen atoms in total. The van der Waals surface area contributed by atoms with Gasteiger partial charge in [0.15, 0.2) is 0 Å². The monoisotopic (exact) mass is 316 g/mol. The molecule has 0 aliphatic carbocycles. The predicted octanol–water partition coefficient (Wildman–Crippen LogP) is 5.70. The minimum Gasteiger partial charge on any atom is -0.491 e. The molecule has 0 spiro atoms. The van der Waals surface area contributed by atoms with Crippen LogP contribution in [0.4, 0.5) is 0 Å². The van der Waals surface area contributed by atoms with E-state index in [0.29, 0.717) is 12.7 Å². The lowest BCUT2D eigenvalue weighted by Crippen LogP contribution is -2.04. The standard InChI is InChI=1S/C21H32O2/c1-2-3-4-5-6-7-8-9-10-11-13-19-14-12-15-20(16-19)22-17-21-18-23-21/h7-8,12,14-16,21H,2-6,9-11,13,17-18H2,1H3/b8-7+. The third-order valence-electron chi connectivity index (χ3n) is 4.21. The van der Waals surface area contributed by atoms with Crippen LogP contribution in [0.5, 0.6) is 5.75 Å². The lowest BCUT2D eigenvalue weighted by atomic mass is 10.1. The summed E-state index contributed by atoms with van der Waals surface area (Å²) in [6.45, 7) is 3.80. The molecule has 0 aromatic heterocycles. The predicted molar refractivity (Wildman–Crippen MR) is 97.1 cm³/mol. The Morgan fingerprint density at radius 1 is 1.09 bits per heavy atom. The fourth-order valence-electron chi connectivity index (χ4n) is 2.66. The first-order chi connectivity index (χ1) is 11.4. The smallest absolute Gasteiger partial charge is 0.119 e. The van der Waals surface area contributed by atoms with Crippen LogP contribution in [-0.2, 0) is 11.2 Å². The van der Waals surface area contributed by atoms with Gasteiger partial charge in [-0.1, -0.05) is 50.5 Å². The van der Waals surface area contributed by atoms with E-state index < -0.39 is 0 Å². The second kappa shape index (κ2) is 11.3. The summed E-state index contributed by atoms with van der Waals surface area (Å²) in [7, 11) is 0. The zero-order valence-electron chi connectivity index (χ0n) is 14.6. The first kappa shape index (κ1) is 18.1. The molecule has 0 bridgehead atoms. The highest BCUT2D eigenvalue weighted by Gasteiger charge is 2.22. The molecule has 2 heteroatoms. The molecule has 128 valence electrons. The van der Waals surface area contributed by atoms with Gasteiger partial charge in [-0.15, -0.1) is 0 Å². The Morgan fingerprint density at radius 3 is 2.61 bits per heavy atom. The average Bonchev–Trinajstić information content (AvgIpc) is 3.39. The SMILES string of the molecule is CCCCCC/C=C/CCCCc1cccc(OCC2CO2)c1. The van der Waals surface area contributed by atoms with Crippen molar-refractivity contribution in [2.75, 3.05) is 13.2 Å². The zero-order chi connectivity index (χ0) is 16.2. The number of allylic oxidation sites excluding steroid dienone is 2. The fraction of sp³-hybridized carbons (Fsp3) is 0.619. The lowest BCUT2D eigenvalue weighted by molar-refractivity contribution is 0.263. The van der Waals surface area contributed by atoms with E-state index in [9.17, 15) is 0 Å². The van der Waals surface area contributed by atoms with E-state index in [2.05, 4.69) is 37.3 Å². The first-order valence-corrected chi connectivity index (χ1v) is 9.37. The molecule has 1 aliphatic rings. The molecular weight excluding hydrogens is 284 g/mol. The van der Waals surface area contributed by atoms with Crippen LogP contribution in [-0.4, -0.2) is 19.3 Å². The van der Waals surface area contributed by atoms with Crippen molar-refractivity contribution < 1.29 is 9.47 Å². The number of ether oxygens (including phenoxy) is 2. The van der Waals surface area contributed by atoms with Crippen LogP contribution in [0.25, 0.3) is 0 Å². The minimum atomic E-state index is 0.326. The Labute approximate surface area is 141 Å². The summed E-state index contributed by atoms with van der Waals surface area (Å²) in [4.78, 5) is 0. The van der Waals surface area contributed by atoms with Crippen molar-refractivity contribution in [2.45, 2.75) is 70.8 Å². The lowest BCUT2D eigenvalue weighted by Gasteiger charge is -2.06. The molecule has 1 unspecified atom stereocenters. The quantitative estimate of drug-likeness (QED) is 0.264. The van der Waals surface area contributed by atoms with E-state index in [4.69, 9.17) is 9.47 Å². The number of aryl methyl sites for hydroxylation is 1. The molecule has 0 radical (unpaired) electrons. The van der Waals surface area contributed by atoms with E-state index in [1.165, 1.54) is 56.9 Å². The van der Waals surface area contributed by atoms with Gasteiger partial charge in [0.25, 0.3) is 0 Å². The summed E-state index contributed by atoms with van der Waals surface area (Å²) in [6, 6.07) is 8.50. The van der Waals surface area contributed by atoms with Crippen LogP contribution < -0.4 is 4.74 Å². The summed E-state index contributed by atoms with van der Waals surface area (Å²) < 4.78 is 10.9. The number of benzene rings is 1. The maximum Gasteiger partial charge on any atom is 0.119 e. The molecule has 0 saturated carbocycles. The highest BCUT2D eigenvalue weighted by Crippen LogP contribution is 2.18. The summed E-state index contributed by atoms with van der Waals surface area (Å²) >= 11 is 0. The van der Waals surface area contributed by atoms with Crippen LogP contribution in [0, 0.1) is 0 Å². The Kier molecular flexibility index (Phi) is 8.86. The number of hydrogen-bond acceptors (Lipinski definition) is 2. The molecule has 0 amide bonds. The van der Waals surface area contributed by atoms with E-state index in [1.54, 1.807) is 0 Å². The van der Waals surface area contributed by atoms with Crippen LogP contribution >= 0.6 is 0 Å². The highest BCUT2D eigenvalue weighted by atomic mass is 16.6. The van der Waals surface area contributed by atoms with Crippen LogP contribution in [0.1, 0.15) is 63.9 Å². The molecule has 1 atom stereocenters. The van der Waals surface area contributed by atoms with Crippen molar-refractivity contribution in [3.05, 3.63) is 42.0 Å². The van der Waals surface area contributed by atoms with E-state index >= 15 is 0 Å². The van der Waals surface area contributed by atoms with Crippen molar-refractivity contribution in [1.82, 2.24) is 0 Å². The Balaban J connectivity index is 1.51. The third kappa shape index (κ3) is 8.80. The van der Waals surface area contributed by atoms with Gasteiger partial charge in [-0.3, -0.25) is 0 Å². The number of unbranched alkanes of at least 4 members (excludes halogenated alkanes) is 6. The summed E-state index contributed by atoms with van der Waals surface area (Å²) in [6.07, 6.45) is 16.6. The van der Waals surface area contributed by atoms with Crippen LogP contribution in [0.2, 0.25) is 0 Å². The summed E-state index contributed by atoms with van der Waals surface area (Å²) in [5.74, 6) is 0.977. The van der Waals surface area contributed by atoms with Gasteiger partial charge in [0.05, 0.1) is 6.61 Å². The van der Waals surface area contributed by atoms with Crippen molar-refractivity contribution in [3.63, 3.8) is 0 Å². The van der Waals surface area contributed by atoms with Gasteiger partial charge in [-0.05, 0) is 56.2 Å². The fourth-order valence-corrected chi connectivity index (χ4v) is 2.66. The van der Waals surface area contributed by atoms with E-state index in [1.807, 2.05) is 6.07 Å². The molecule has 2 rings (SSSR count). The number of hydrogen-bond donors (Lipinski definition) is 0. The highest BCUT2D eigenvalue weighted by molar-refractivity contribution is 5.28.